The minimum Gasteiger partial charge on any atom is -1.00 e. The summed E-state index contributed by atoms with van der Waals surface area (Å²) in [5.74, 6) is 0. The van der Waals surface area contributed by atoms with Gasteiger partial charge < -0.3 is 24.8 Å². The zero-order chi connectivity index (χ0) is 43.1. The van der Waals surface area contributed by atoms with Crippen molar-refractivity contribution in [2.45, 2.75) is 53.8 Å². The maximum absolute atomic E-state index is 2.66. The topological polar surface area (TPSA) is 6.48 Å². The molecule has 8 heteroatoms. The summed E-state index contributed by atoms with van der Waals surface area (Å²) in [6.07, 6.45) is 5.20. The Balaban J connectivity index is 0.00000256. The average Bonchev–Trinajstić information content (AvgIpc) is 3.84. The van der Waals surface area contributed by atoms with Crippen LogP contribution in [0.3, 0.4) is 0 Å². The van der Waals surface area contributed by atoms with Crippen molar-refractivity contribution in [2.24, 2.45) is 0 Å². The molecular formula is C58H46Cl2N2S2SiZr. The first-order valence-corrected chi connectivity index (χ1v) is 32.9. The molecule has 322 valence electrons. The Morgan fingerprint density at radius 2 is 0.712 bits per heavy atom. The van der Waals surface area contributed by atoms with Crippen molar-refractivity contribution >= 4 is 75.2 Å². The second-order valence-corrected chi connectivity index (χ2v) is 37.6. The Labute approximate surface area is 417 Å². The van der Waals surface area contributed by atoms with Gasteiger partial charge in [-0.15, -0.1) is 0 Å². The van der Waals surface area contributed by atoms with Crippen LogP contribution >= 0.6 is 23.5 Å². The van der Waals surface area contributed by atoms with Crippen LogP contribution < -0.4 is 34.6 Å². The van der Waals surface area contributed by atoms with Crippen molar-refractivity contribution < 1.29 is 45.2 Å². The van der Waals surface area contributed by atoms with Crippen molar-refractivity contribution in [3.8, 4) is 22.3 Å². The van der Waals surface area contributed by atoms with Gasteiger partial charge in [0.25, 0.3) is 0 Å². The molecule has 8 aromatic rings. The average molecular weight is 1030 g/mol. The van der Waals surface area contributed by atoms with Crippen LogP contribution in [0.5, 0.6) is 0 Å². The van der Waals surface area contributed by atoms with Crippen LogP contribution in [0.2, 0.25) is 13.1 Å². The number of nitrogens with zero attached hydrogens (tertiary/aromatic N) is 2. The first-order valence-electron chi connectivity index (χ1n) is 22.2. The minimum absolute atomic E-state index is 0. The van der Waals surface area contributed by atoms with E-state index in [1.807, 2.05) is 23.5 Å². The predicted octanol–water partition coefficient (Wildman–Crippen LogP) is 11.4. The summed E-state index contributed by atoms with van der Waals surface area (Å²) in [7, 11) is 0. The van der Waals surface area contributed by atoms with E-state index in [2.05, 4.69) is 231 Å². The second kappa shape index (κ2) is 18.4. The molecule has 0 radical (unpaired) electrons. The Morgan fingerprint density at radius 3 is 1.05 bits per heavy atom. The summed E-state index contributed by atoms with van der Waals surface area (Å²) in [6.45, 7) is 10.2. The maximum atomic E-state index is 2.66. The number of fused-ring (bicyclic) bond motifs is 6. The molecule has 8 aromatic carbocycles. The molecule has 2 aliphatic heterocycles. The zero-order valence-electron chi connectivity index (χ0n) is 37.1. The van der Waals surface area contributed by atoms with Crippen LogP contribution in [-0.2, 0) is 20.4 Å². The zero-order valence-corrected chi connectivity index (χ0v) is 43.7. The third-order valence-electron chi connectivity index (χ3n) is 13.4. The number of rotatable bonds is 6. The third kappa shape index (κ3) is 7.53. The van der Waals surface area contributed by atoms with E-state index in [9.17, 15) is 0 Å². The van der Waals surface area contributed by atoms with Crippen LogP contribution in [0.1, 0.15) is 43.4 Å². The molecular weight excluding hydrogens is 979 g/mol. The van der Waals surface area contributed by atoms with Crippen molar-refractivity contribution in [3.63, 3.8) is 0 Å². The van der Waals surface area contributed by atoms with E-state index >= 15 is 0 Å². The van der Waals surface area contributed by atoms with Crippen molar-refractivity contribution in [1.29, 1.82) is 0 Å². The normalized spacial score (nSPS) is 15.8. The van der Waals surface area contributed by atoms with Gasteiger partial charge in [-0.2, -0.15) is 0 Å². The standard InChI is InChI=1S/2C28H20NS.C2H6Si.2ClH.Zr/c2*1-19-15-22-17-21(20-9-3-2-4-10-20)18-26(23(22)16-19)29-24-11-5-7-13-27(24)30-28-14-8-6-12-25(28)29;1-3-2;;;/h2*2-18H,1H3;1-2H3;2*1H;/q;;;;;+2/p-2. The van der Waals surface area contributed by atoms with Crippen molar-refractivity contribution in [3.05, 3.63) is 215 Å². The SMILES string of the molecule is CC1=Cc2c(cc(-c3ccccc3)cc2N2c3ccccc3Sc3ccccc32)[C@@H]1[Zr+2]([C@H]1C(C)=Cc2c1cc(-c1ccccc1)cc2N1c2ccccc2Sc2ccccc21)=[Si](C)C.[Cl-].[Cl-]. The molecule has 0 aromatic heterocycles. The fourth-order valence-electron chi connectivity index (χ4n) is 10.7. The Bertz CT molecular complexity index is 3010. The van der Waals surface area contributed by atoms with Gasteiger partial charge >= 0.3 is 397 Å². The van der Waals surface area contributed by atoms with E-state index in [-0.39, 0.29) is 24.8 Å². The largest absolute Gasteiger partial charge is 1.00 e. The molecule has 0 N–H and O–H groups in total. The Morgan fingerprint density at radius 1 is 0.394 bits per heavy atom. The van der Waals surface area contributed by atoms with Gasteiger partial charge in [0.1, 0.15) is 0 Å². The number of anilines is 6. The molecule has 2 atom stereocenters. The number of benzene rings is 8. The fourth-order valence-corrected chi connectivity index (χ4v) is 33.5. The van der Waals surface area contributed by atoms with Gasteiger partial charge in [0.15, 0.2) is 0 Å². The summed E-state index contributed by atoms with van der Waals surface area (Å²) in [5.41, 5.74) is 21.0. The molecule has 66 heavy (non-hydrogen) atoms. The van der Waals surface area contributed by atoms with Gasteiger partial charge in [0.05, 0.1) is 0 Å². The molecule has 4 aliphatic rings. The summed E-state index contributed by atoms with van der Waals surface area (Å²) in [5, 5.41) is 0. The molecule has 0 bridgehead atoms. The van der Waals surface area contributed by atoms with E-state index < -0.39 is 25.8 Å². The summed E-state index contributed by atoms with van der Waals surface area (Å²) in [4.78, 5) is 10.3. The van der Waals surface area contributed by atoms with E-state index in [1.165, 1.54) is 87.1 Å². The number of hydrogen-bond donors (Lipinski definition) is 0. The van der Waals surface area contributed by atoms with Crippen molar-refractivity contribution in [1.82, 2.24) is 0 Å². The third-order valence-corrected chi connectivity index (χ3v) is 35.6. The van der Waals surface area contributed by atoms with Crippen LogP contribution in [0.25, 0.3) is 34.4 Å². The second-order valence-electron chi connectivity index (χ2n) is 17.6. The predicted molar refractivity (Wildman–Crippen MR) is 272 cm³/mol. The van der Waals surface area contributed by atoms with E-state index in [1.54, 1.807) is 22.3 Å². The van der Waals surface area contributed by atoms with E-state index in [0.29, 0.717) is 7.25 Å². The Hall–Kier alpha value is -4.78. The van der Waals surface area contributed by atoms with Gasteiger partial charge in [-0.25, -0.2) is 0 Å². The first-order chi connectivity index (χ1) is 31.4. The van der Waals surface area contributed by atoms with Crippen molar-refractivity contribution in [2.75, 3.05) is 9.80 Å². The molecule has 2 aliphatic carbocycles. The number of allylic oxidation sites excluding steroid dienone is 2. The maximum Gasteiger partial charge on any atom is -1.00 e. The van der Waals surface area contributed by atoms with Gasteiger partial charge in [0.2, 0.25) is 0 Å². The van der Waals surface area contributed by atoms with Crippen LogP contribution in [-0.4, -0.2) is 5.43 Å². The van der Waals surface area contributed by atoms with E-state index in [4.69, 9.17) is 0 Å². The molecule has 0 saturated heterocycles. The number of para-hydroxylation sites is 4. The van der Waals surface area contributed by atoms with Crippen LogP contribution in [0.15, 0.2) is 213 Å². The summed E-state index contributed by atoms with van der Waals surface area (Å²) in [6, 6.07) is 68.3. The van der Waals surface area contributed by atoms with Crippen LogP contribution in [0, 0.1) is 0 Å². The van der Waals surface area contributed by atoms with Crippen LogP contribution in [0.4, 0.5) is 34.1 Å². The van der Waals surface area contributed by atoms with Gasteiger partial charge in [-0.3, -0.25) is 0 Å². The molecule has 2 nitrogen and oxygen atoms in total. The first kappa shape index (κ1) is 45.0. The molecule has 2 heterocycles. The van der Waals surface area contributed by atoms with E-state index in [0.717, 1.165) is 0 Å². The van der Waals surface area contributed by atoms with Gasteiger partial charge in [-0.05, 0) is 0 Å². The molecule has 0 unspecified atom stereocenters. The fraction of sp³-hybridized carbons (Fsp3) is 0.103. The minimum atomic E-state index is -2.58. The molecule has 12 rings (SSSR count). The number of halogens is 2. The Kier molecular flexibility index (Phi) is 12.5. The van der Waals surface area contributed by atoms with Gasteiger partial charge in [0, 0.05) is 0 Å². The summed E-state index contributed by atoms with van der Waals surface area (Å²) < 4.78 is 0.897. The quantitative estimate of drug-likeness (QED) is 0.153. The molecule has 0 spiro atoms. The number of hydrogen-bond acceptors (Lipinski definition) is 4. The van der Waals surface area contributed by atoms with Gasteiger partial charge in [-0.1, -0.05) is 0 Å². The molecule has 0 amide bonds. The summed E-state index contributed by atoms with van der Waals surface area (Å²) >= 11 is 1.19. The monoisotopic (exact) mass is 1020 g/mol. The molecule has 0 fully saturated rings. The smallest absolute Gasteiger partial charge is 1.00 e. The molecule has 0 saturated carbocycles.